The lowest BCUT2D eigenvalue weighted by molar-refractivity contribution is 0.108. The zero-order valence-corrected chi connectivity index (χ0v) is 9.93. The van der Waals surface area contributed by atoms with Crippen LogP contribution in [0, 0.1) is 12.8 Å². The molecule has 4 nitrogen and oxygen atoms in total. The maximum Gasteiger partial charge on any atom is 0.142 e. The molecule has 5 heteroatoms. The molecule has 1 aliphatic heterocycles. The van der Waals surface area contributed by atoms with Gasteiger partial charge >= 0.3 is 0 Å². The van der Waals surface area contributed by atoms with Crippen LogP contribution in [-0.2, 0) is 4.74 Å². The van der Waals surface area contributed by atoms with E-state index in [-0.39, 0.29) is 0 Å². The fourth-order valence-electron chi connectivity index (χ4n) is 1.78. The Balaban J connectivity index is 1.90. The van der Waals surface area contributed by atoms with Crippen LogP contribution in [0.5, 0.6) is 0 Å². The highest BCUT2D eigenvalue weighted by molar-refractivity contribution is 7.10. The first-order valence-electron chi connectivity index (χ1n) is 5.25. The molecule has 0 spiro atoms. The number of ether oxygens (including phenoxy) is 1. The topological polar surface area (TPSA) is 60.2 Å². The monoisotopic (exact) mass is 227 g/mol. The maximum atomic E-state index is 5.69. The Hall–Kier alpha value is -0.810. The molecule has 0 radical (unpaired) electrons. The Kier molecular flexibility index (Phi) is 3.11. The first kappa shape index (κ1) is 10.7. The average molecular weight is 227 g/mol. The Morgan fingerprint density at radius 2 is 2.47 bits per heavy atom. The molecule has 0 aromatic carbocycles. The molecule has 1 fully saturated rings. The SMILES string of the molecule is Cc1c(N)nsc1NCC1CCOC1C. The van der Waals surface area contributed by atoms with E-state index >= 15 is 0 Å². The molecule has 0 aliphatic carbocycles. The van der Waals surface area contributed by atoms with Gasteiger partial charge in [-0.15, -0.1) is 0 Å². The van der Waals surface area contributed by atoms with Gasteiger partial charge < -0.3 is 15.8 Å². The first-order valence-corrected chi connectivity index (χ1v) is 6.03. The van der Waals surface area contributed by atoms with E-state index in [1.54, 1.807) is 0 Å². The number of nitrogens with two attached hydrogens (primary N) is 1. The third-order valence-electron chi connectivity index (χ3n) is 3.02. The van der Waals surface area contributed by atoms with Crippen LogP contribution in [0.25, 0.3) is 0 Å². The van der Waals surface area contributed by atoms with Crippen molar-refractivity contribution in [1.29, 1.82) is 0 Å². The molecular weight excluding hydrogens is 210 g/mol. The zero-order valence-electron chi connectivity index (χ0n) is 9.12. The summed E-state index contributed by atoms with van der Waals surface area (Å²) < 4.78 is 9.62. The molecule has 1 aromatic heterocycles. The molecular formula is C10H17N3OS. The van der Waals surface area contributed by atoms with E-state index in [9.17, 15) is 0 Å². The number of aromatic nitrogens is 1. The number of hydrogen-bond acceptors (Lipinski definition) is 5. The van der Waals surface area contributed by atoms with Crippen LogP contribution in [0.4, 0.5) is 10.8 Å². The maximum absolute atomic E-state index is 5.69. The van der Waals surface area contributed by atoms with Crippen LogP contribution >= 0.6 is 11.5 Å². The van der Waals surface area contributed by atoms with Gasteiger partial charge in [0, 0.05) is 24.6 Å². The lowest BCUT2D eigenvalue weighted by Crippen LogP contribution is -2.20. The van der Waals surface area contributed by atoms with Crippen LogP contribution in [0.1, 0.15) is 18.9 Å². The molecule has 1 aromatic rings. The molecule has 2 rings (SSSR count). The summed E-state index contributed by atoms with van der Waals surface area (Å²) in [5, 5.41) is 4.49. The summed E-state index contributed by atoms with van der Waals surface area (Å²) in [7, 11) is 0. The largest absolute Gasteiger partial charge is 0.383 e. The van der Waals surface area contributed by atoms with Crippen molar-refractivity contribution in [2.24, 2.45) is 5.92 Å². The second kappa shape index (κ2) is 4.37. The molecule has 2 atom stereocenters. The molecule has 1 aliphatic rings. The summed E-state index contributed by atoms with van der Waals surface area (Å²) in [6.45, 7) is 5.96. The Bertz CT molecular complexity index is 339. The number of anilines is 2. The van der Waals surface area contributed by atoms with Crippen LogP contribution in [0.2, 0.25) is 0 Å². The van der Waals surface area contributed by atoms with Crippen molar-refractivity contribution < 1.29 is 4.74 Å². The van der Waals surface area contributed by atoms with Crippen LogP contribution in [0.15, 0.2) is 0 Å². The minimum absolute atomic E-state index is 0.364. The molecule has 1 saturated heterocycles. The van der Waals surface area contributed by atoms with Gasteiger partial charge in [-0.2, -0.15) is 4.37 Å². The van der Waals surface area contributed by atoms with E-state index in [2.05, 4.69) is 16.6 Å². The number of nitrogens with one attached hydrogen (secondary N) is 1. The standard InChI is InChI=1S/C10H17N3OS/c1-6-9(11)13-15-10(6)12-5-8-3-4-14-7(8)2/h7-8,12H,3-5H2,1-2H3,(H2,11,13). The van der Waals surface area contributed by atoms with E-state index in [4.69, 9.17) is 10.5 Å². The zero-order chi connectivity index (χ0) is 10.8. The highest BCUT2D eigenvalue weighted by Gasteiger charge is 2.24. The molecule has 0 amide bonds. The van der Waals surface area contributed by atoms with Gasteiger partial charge in [-0.3, -0.25) is 0 Å². The molecule has 15 heavy (non-hydrogen) atoms. The number of nitrogens with zero attached hydrogens (tertiary/aromatic N) is 1. The summed E-state index contributed by atoms with van der Waals surface area (Å²) in [5.74, 6) is 1.24. The Morgan fingerprint density at radius 1 is 1.67 bits per heavy atom. The summed E-state index contributed by atoms with van der Waals surface area (Å²) in [6.07, 6.45) is 1.50. The Morgan fingerprint density at radius 3 is 3.00 bits per heavy atom. The lowest BCUT2D eigenvalue weighted by atomic mass is 10.0. The normalized spacial score (nSPS) is 25.7. The van der Waals surface area contributed by atoms with Crippen molar-refractivity contribution >= 4 is 22.4 Å². The predicted molar refractivity (Wildman–Crippen MR) is 63.3 cm³/mol. The van der Waals surface area contributed by atoms with E-state index in [0.717, 1.165) is 30.1 Å². The van der Waals surface area contributed by atoms with Crippen molar-refractivity contribution in [3.05, 3.63) is 5.56 Å². The van der Waals surface area contributed by atoms with E-state index in [0.29, 0.717) is 17.8 Å². The van der Waals surface area contributed by atoms with Crippen molar-refractivity contribution in [2.45, 2.75) is 26.4 Å². The molecule has 0 saturated carbocycles. The minimum atomic E-state index is 0.364. The summed E-state index contributed by atoms with van der Waals surface area (Å²) in [5.41, 5.74) is 6.75. The average Bonchev–Trinajstić information content (AvgIpc) is 2.74. The van der Waals surface area contributed by atoms with Gasteiger partial charge in [0.2, 0.25) is 0 Å². The summed E-state index contributed by atoms with van der Waals surface area (Å²) in [6, 6.07) is 0. The quantitative estimate of drug-likeness (QED) is 0.827. The number of nitrogen functional groups attached to an aromatic ring is 1. The predicted octanol–water partition coefficient (Wildman–Crippen LogP) is 1.87. The van der Waals surface area contributed by atoms with Crippen molar-refractivity contribution in [3.63, 3.8) is 0 Å². The van der Waals surface area contributed by atoms with Crippen LogP contribution < -0.4 is 11.1 Å². The smallest absolute Gasteiger partial charge is 0.142 e. The second-order valence-electron chi connectivity index (χ2n) is 4.03. The summed E-state index contributed by atoms with van der Waals surface area (Å²) in [4.78, 5) is 0. The molecule has 84 valence electrons. The molecule has 2 unspecified atom stereocenters. The minimum Gasteiger partial charge on any atom is -0.383 e. The van der Waals surface area contributed by atoms with E-state index in [1.165, 1.54) is 11.5 Å². The van der Waals surface area contributed by atoms with Gasteiger partial charge in [-0.1, -0.05) is 0 Å². The van der Waals surface area contributed by atoms with Crippen LogP contribution in [0.3, 0.4) is 0 Å². The second-order valence-corrected chi connectivity index (χ2v) is 4.80. The fraction of sp³-hybridized carbons (Fsp3) is 0.700. The lowest BCUT2D eigenvalue weighted by Gasteiger charge is -2.14. The van der Waals surface area contributed by atoms with Gasteiger partial charge in [0.15, 0.2) is 0 Å². The molecule has 3 N–H and O–H groups in total. The van der Waals surface area contributed by atoms with Gasteiger partial charge in [0.1, 0.15) is 10.8 Å². The molecule has 2 heterocycles. The van der Waals surface area contributed by atoms with Crippen molar-refractivity contribution in [1.82, 2.24) is 4.37 Å². The number of rotatable bonds is 3. The molecule has 0 bridgehead atoms. The van der Waals surface area contributed by atoms with E-state index in [1.807, 2.05) is 6.92 Å². The van der Waals surface area contributed by atoms with Gasteiger partial charge in [-0.25, -0.2) is 0 Å². The van der Waals surface area contributed by atoms with Gasteiger partial charge in [-0.05, 0) is 31.8 Å². The third kappa shape index (κ3) is 2.23. The van der Waals surface area contributed by atoms with Crippen molar-refractivity contribution in [3.8, 4) is 0 Å². The third-order valence-corrected chi connectivity index (χ3v) is 3.94. The Labute approximate surface area is 94.0 Å². The first-order chi connectivity index (χ1) is 7.18. The highest BCUT2D eigenvalue weighted by atomic mass is 32.1. The highest BCUT2D eigenvalue weighted by Crippen LogP contribution is 2.27. The fourth-order valence-corrected chi connectivity index (χ4v) is 2.50. The summed E-state index contributed by atoms with van der Waals surface area (Å²) >= 11 is 1.43. The van der Waals surface area contributed by atoms with Gasteiger partial charge in [0.05, 0.1) is 6.10 Å². The van der Waals surface area contributed by atoms with Crippen molar-refractivity contribution in [2.75, 3.05) is 24.2 Å². The van der Waals surface area contributed by atoms with Gasteiger partial charge in [0.25, 0.3) is 0 Å². The number of hydrogen-bond donors (Lipinski definition) is 2. The van der Waals surface area contributed by atoms with Crippen LogP contribution in [-0.4, -0.2) is 23.6 Å². The van der Waals surface area contributed by atoms with E-state index < -0.39 is 0 Å².